The number of H-pyrrole nitrogens is 2. The highest BCUT2D eigenvalue weighted by molar-refractivity contribution is 5.87. The average Bonchev–Trinajstić information content (AvgIpc) is 2.97. The lowest BCUT2D eigenvalue weighted by atomic mass is 10.1. The normalized spacial score (nSPS) is 10.8. The molecule has 0 aliphatic heterocycles. The largest absolute Gasteiger partial charge is 0.477 e. The molecule has 3 N–H and O–H groups in total. The zero-order chi connectivity index (χ0) is 11.8. The number of aromatic nitrogens is 4. The monoisotopic (exact) mass is 228 g/mol. The number of rotatable bonds is 2. The molecule has 0 spiro atoms. The Bertz CT molecular complexity index is 698. The van der Waals surface area contributed by atoms with Crippen LogP contribution in [-0.2, 0) is 0 Å². The first kappa shape index (κ1) is 9.59. The van der Waals surface area contributed by atoms with E-state index >= 15 is 0 Å². The van der Waals surface area contributed by atoms with Gasteiger partial charge in [-0.2, -0.15) is 15.4 Å². The molecule has 17 heavy (non-hydrogen) atoms. The minimum atomic E-state index is -0.973. The summed E-state index contributed by atoms with van der Waals surface area (Å²) in [4.78, 5) is 13.6. The molecule has 2 heterocycles. The number of carboxylic acids is 1. The van der Waals surface area contributed by atoms with Crippen molar-refractivity contribution in [3.63, 3.8) is 0 Å². The number of carbonyl (C=O) groups is 1. The summed E-state index contributed by atoms with van der Waals surface area (Å²) in [6.07, 6.45) is 0. The Morgan fingerprint density at radius 2 is 1.94 bits per heavy atom. The summed E-state index contributed by atoms with van der Waals surface area (Å²) in [6.45, 7) is 0. The number of nitrogens with zero attached hydrogens (tertiary/aromatic N) is 2. The van der Waals surface area contributed by atoms with Gasteiger partial charge in [-0.1, -0.05) is 6.07 Å². The zero-order valence-electron chi connectivity index (χ0n) is 8.64. The van der Waals surface area contributed by atoms with Gasteiger partial charge in [-0.15, -0.1) is 0 Å². The molecule has 6 nitrogen and oxygen atoms in total. The fraction of sp³-hybridized carbons (Fsp3) is 0. The van der Waals surface area contributed by atoms with Gasteiger partial charge in [0.2, 0.25) is 0 Å². The van der Waals surface area contributed by atoms with Crippen molar-refractivity contribution in [3.8, 4) is 11.3 Å². The Morgan fingerprint density at radius 3 is 2.71 bits per heavy atom. The lowest BCUT2D eigenvalue weighted by Gasteiger charge is -1.97. The number of benzene rings is 1. The predicted octanol–water partition coefficient (Wildman–Crippen LogP) is 1.65. The second kappa shape index (κ2) is 3.44. The van der Waals surface area contributed by atoms with E-state index in [1.807, 2.05) is 18.2 Å². The number of fused-ring (bicyclic) bond motifs is 1. The predicted molar refractivity (Wildman–Crippen MR) is 60.6 cm³/mol. The minimum Gasteiger partial charge on any atom is -0.477 e. The highest BCUT2D eigenvalue weighted by Gasteiger charge is 2.08. The Morgan fingerprint density at radius 1 is 1.12 bits per heavy atom. The van der Waals surface area contributed by atoms with Crippen molar-refractivity contribution in [1.82, 2.24) is 20.4 Å². The molecule has 0 aliphatic carbocycles. The summed E-state index contributed by atoms with van der Waals surface area (Å²) < 4.78 is 0. The summed E-state index contributed by atoms with van der Waals surface area (Å²) in [5.74, 6) is -0.973. The summed E-state index contributed by atoms with van der Waals surface area (Å²) in [5.41, 5.74) is 3.30. The van der Waals surface area contributed by atoms with Gasteiger partial charge in [0.05, 0.1) is 0 Å². The van der Waals surface area contributed by atoms with Gasteiger partial charge in [0.15, 0.2) is 0 Å². The quantitative estimate of drug-likeness (QED) is 0.621. The first-order chi connectivity index (χ1) is 8.24. The van der Waals surface area contributed by atoms with Crippen LogP contribution in [0.5, 0.6) is 0 Å². The fourth-order valence-corrected chi connectivity index (χ4v) is 1.70. The van der Waals surface area contributed by atoms with E-state index in [9.17, 15) is 4.79 Å². The Balaban J connectivity index is 2.09. The Kier molecular flexibility index (Phi) is 1.94. The smallest absolute Gasteiger partial charge is 0.352 e. The van der Waals surface area contributed by atoms with E-state index in [1.54, 1.807) is 6.07 Å². The molecule has 0 fully saturated rings. The molecule has 0 saturated heterocycles. The first-order valence-corrected chi connectivity index (χ1v) is 4.97. The number of hydrogen-bond donors (Lipinski definition) is 3. The molecule has 3 aromatic rings. The third-order valence-electron chi connectivity index (χ3n) is 2.54. The number of nitrogens with one attached hydrogen (secondary N) is 2. The lowest BCUT2D eigenvalue weighted by Crippen LogP contribution is -1.95. The van der Waals surface area contributed by atoms with Crippen LogP contribution < -0.4 is 0 Å². The van der Waals surface area contributed by atoms with Crippen LogP contribution in [0.25, 0.3) is 22.3 Å². The standard InChI is InChI=1S/C11H8N4O2/c16-11(17)9-4-3-7(12-9)6-1-2-8-10(5-6)14-15-13-8/h1-5,12H,(H,16,17)(H,13,14,15). The fourth-order valence-electron chi connectivity index (χ4n) is 1.70. The third-order valence-corrected chi connectivity index (χ3v) is 2.54. The summed E-state index contributed by atoms with van der Waals surface area (Å²) >= 11 is 0. The van der Waals surface area contributed by atoms with Crippen LogP contribution in [0.1, 0.15) is 10.5 Å². The van der Waals surface area contributed by atoms with Crippen molar-refractivity contribution in [2.24, 2.45) is 0 Å². The van der Waals surface area contributed by atoms with Gasteiger partial charge < -0.3 is 10.1 Å². The van der Waals surface area contributed by atoms with Crippen LogP contribution in [0.15, 0.2) is 30.3 Å². The number of aromatic carboxylic acids is 1. The van der Waals surface area contributed by atoms with Gasteiger partial charge in [0.25, 0.3) is 0 Å². The van der Waals surface area contributed by atoms with Crippen LogP contribution in [-0.4, -0.2) is 31.5 Å². The second-order valence-corrected chi connectivity index (χ2v) is 3.62. The Labute approximate surface area is 95.3 Å². The molecule has 0 saturated carbocycles. The average molecular weight is 228 g/mol. The number of hydrogen-bond acceptors (Lipinski definition) is 3. The van der Waals surface area contributed by atoms with Crippen molar-refractivity contribution in [2.75, 3.05) is 0 Å². The molecule has 0 unspecified atom stereocenters. The van der Waals surface area contributed by atoms with Gasteiger partial charge in [-0.05, 0) is 24.3 Å². The zero-order valence-corrected chi connectivity index (χ0v) is 8.64. The summed E-state index contributed by atoms with van der Waals surface area (Å²) in [6, 6.07) is 8.80. The van der Waals surface area contributed by atoms with Crippen molar-refractivity contribution in [3.05, 3.63) is 36.0 Å². The lowest BCUT2D eigenvalue weighted by molar-refractivity contribution is 0.0691. The van der Waals surface area contributed by atoms with Gasteiger partial charge >= 0.3 is 5.97 Å². The van der Waals surface area contributed by atoms with Gasteiger partial charge in [0.1, 0.15) is 16.7 Å². The van der Waals surface area contributed by atoms with Crippen LogP contribution in [0.2, 0.25) is 0 Å². The molecule has 3 rings (SSSR count). The molecule has 84 valence electrons. The van der Waals surface area contributed by atoms with E-state index in [0.29, 0.717) is 0 Å². The molecule has 1 aromatic carbocycles. The van der Waals surface area contributed by atoms with E-state index in [0.717, 1.165) is 22.3 Å². The maximum absolute atomic E-state index is 10.8. The van der Waals surface area contributed by atoms with Gasteiger partial charge in [-0.25, -0.2) is 4.79 Å². The maximum atomic E-state index is 10.8. The SMILES string of the molecule is O=C(O)c1ccc(-c2ccc3n[nH]nc3c2)[nH]1. The van der Waals surface area contributed by atoms with Crippen LogP contribution in [0.3, 0.4) is 0 Å². The van der Waals surface area contributed by atoms with Crippen LogP contribution in [0, 0.1) is 0 Å². The van der Waals surface area contributed by atoms with Crippen molar-refractivity contribution in [2.45, 2.75) is 0 Å². The van der Waals surface area contributed by atoms with E-state index in [2.05, 4.69) is 20.4 Å². The molecule has 0 aliphatic rings. The molecular weight excluding hydrogens is 220 g/mol. The molecule has 0 bridgehead atoms. The van der Waals surface area contributed by atoms with E-state index in [4.69, 9.17) is 5.11 Å². The van der Waals surface area contributed by atoms with E-state index in [-0.39, 0.29) is 5.69 Å². The summed E-state index contributed by atoms with van der Waals surface area (Å²) in [7, 11) is 0. The third kappa shape index (κ3) is 1.55. The molecule has 0 atom stereocenters. The molecular formula is C11H8N4O2. The number of aromatic amines is 2. The first-order valence-electron chi connectivity index (χ1n) is 4.97. The maximum Gasteiger partial charge on any atom is 0.352 e. The van der Waals surface area contributed by atoms with Crippen molar-refractivity contribution < 1.29 is 9.90 Å². The van der Waals surface area contributed by atoms with E-state index in [1.165, 1.54) is 6.07 Å². The number of carboxylic acid groups (broad SMARTS) is 1. The molecule has 2 aromatic heterocycles. The van der Waals surface area contributed by atoms with Crippen molar-refractivity contribution >= 4 is 17.0 Å². The molecule has 0 amide bonds. The summed E-state index contributed by atoms with van der Waals surface area (Å²) in [5, 5.41) is 19.3. The van der Waals surface area contributed by atoms with Gasteiger partial charge in [0, 0.05) is 11.3 Å². The molecule has 0 radical (unpaired) electrons. The minimum absolute atomic E-state index is 0.167. The Hall–Kier alpha value is -2.63. The van der Waals surface area contributed by atoms with Crippen molar-refractivity contribution in [1.29, 1.82) is 0 Å². The van der Waals surface area contributed by atoms with Crippen LogP contribution in [0.4, 0.5) is 0 Å². The second-order valence-electron chi connectivity index (χ2n) is 3.62. The molecule has 6 heteroatoms. The topological polar surface area (TPSA) is 94.7 Å². The highest BCUT2D eigenvalue weighted by Crippen LogP contribution is 2.21. The van der Waals surface area contributed by atoms with Crippen LogP contribution >= 0.6 is 0 Å². The van der Waals surface area contributed by atoms with E-state index < -0.39 is 5.97 Å². The highest BCUT2D eigenvalue weighted by atomic mass is 16.4. The van der Waals surface area contributed by atoms with Gasteiger partial charge in [-0.3, -0.25) is 0 Å².